The minimum absolute atomic E-state index is 0.144. The zero-order valence-corrected chi connectivity index (χ0v) is 9.59. The van der Waals surface area contributed by atoms with Gasteiger partial charge in [0.2, 0.25) is 15.9 Å². The van der Waals surface area contributed by atoms with Crippen LogP contribution >= 0.6 is 0 Å². The molecule has 0 spiro atoms. The molecule has 1 aliphatic rings. The van der Waals surface area contributed by atoms with Gasteiger partial charge in [0.1, 0.15) is 0 Å². The second kappa shape index (κ2) is 4.76. The zero-order valence-electron chi connectivity index (χ0n) is 8.77. The Kier molecular flexibility index (Phi) is 3.87. The lowest BCUT2D eigenvalue weighted by atomic mass is 10.1. The Hall–Kier alpha value is -0.880. The van der Waals surface area contributed by atoms with Gasteiger partial charge in [-0.05, 0) is 18.9 Å². The minimum atomic E-state index is -3.19. The number of nitrogens with zero attached hydrogens (tertiary/aromatic N) is 1. The van der Waals surface area contributed by atoms with Gasteiger partial charge in [-0.15, -0.1) is 0 Å². The lowest BCUT2D eigenvalue weighted by Gasteiger charge is -2.31. The average molecular weight is 232 g/mol. The predicted molar refractivity (Wildman–Crippen MR) is 57.8 cm³/mol. The number of hydrogen-bond acceptors (Lipinski definition) is 3. The molecule has 0 unspecified atom stereocenters. The van der Waals surface area contributed by atoms with Crippen LogP contribution in [0.4, 0.5) is 0 Å². The number of rotatable bonds is 3. The Bertz CT molecular complexity index is 350. The third-order valence-corrected chi connectivity index (χ3v) is 3.05. The Morgan fingerprint density at radius 2 is 2.27 bits per heavy atom. The number of sulfonamides is 1. The highest BCUT2D eigenvalue weighted by Gasteiger charge is 2.23. The number of carbonyl (C=O) groups excluding carboxylic acids is 1. The molecule has 15 heavy (non-hydrogen) atoms. The molecule has 1 saturated heterocycles. The van der Waals surface area contributed by atoms with Crippen molar-refractivity contribution in [3.63, 3.8) is 0 Å². The molecule has 86 valence electrons. The van der Waals surface area contributed by atoms with E-state index in [9.17, 15) is 13.2 Å². The van der Waals surface area contributed by atoms with Crippen molar-refractivity contribution in [3.8, 4) is 0 Å². The van der Waals surface area contributed by atoms with Crippen LogP contribution in [-0.4, -0.2) is 44.6 Å². The summed E-state index contributed by atoms with van der Waals surface area (Å²) in [5, 5.41) is 0. The van der Waals surface area contributed by atoms with E-state index in [4.69, 9.17) is 0 Å². The molecule has 5 nitrogen and oxygen atoms in total. The van der Waals surface area contributed by atoms with Crippen molar-refractivity contribution in [2.75, 3.05) is 19.3 Å². The van der Waals surface area contributed by atoms with Crippen molar-refractivity contribution in [1.29, 1.82) is 0 Å². The molecule has 0 aromatic heterocycles. The molecule has 1 rings (SSSR count). The number of amides is 1. The first-order valence-corrected chi connectivity index (χ1v) is 6.70. The van der Waals surface area contributed by atoms with Crippen molar-refractivity contribution in [3.05, 3.63) is 12.7 Å². The summed E-state index contributed by atoms with van der Waals surface area (Å²) in [5.74, 6) is -0.144. The van der Waals surface area contributed by atoms with E-state index in [1.54, 1.807) is 4.90 Å². The van der Waals surface area contributed by atoms with E-state index < -0.39 is 10.0 Å². The number of piperidine rings is 1. The van der Waals surface area contributed by atoms with Crippen LogP contribution in [0.15, 0.2) is 12.7 Å². The largest absolute Gasteiger partial charge is 0.338 e. The summed E-state index contributed by atoms with van der Waals surface area (Å²) in [6.45, 7) is 4.51. The standard InChI is InChI=1S/C9H16N2O3S/c1-3-9(12)11-6-4-5-8(7-11)10-15(2,13)14/h3,8,10H,1,4-7H2,2H3/t8-/m0/s1. The van der Waals surface area contributed by atoms with E-state index in [1.165, 1.54) is 6.08 Å². The van der Waals surface area contributed by atoms with E-state index in [0.717, 1.165) is 19.1 Å². The third-order valence-electron chi connectivity index (χ3n) is 2.29. The van der Waals surface area contributed by atoms with Crippen molar-refractivity contribution in [2.45, 2.75) is 18.9 Å². The fraction of sp³-hybridized carbons (Fsp3) is 0.667. The summed E-state index contributed by atoms with van der Waals surface area (Å²) in [5.41, 5.74) is 0. The van der Waals surface area contributed by atoms with Gasteiger partial charge in [0.25, 0.3) is 0 Å². The van der Waals surface area contributed by atoms with Gasteiger partial charge >= 0.3 is 0 Å². The smallest absolute Gasteiger partial charge is 0.246 e. The molecule has 1 N–H and O–H groups in total. The SMILES string of the molecule is C=CC(=O)N1CCC[C@H](NS(C)(=O)=O)C1. The van der Waals surface area contributed by atoms with Gasteiger partial charge in [-0.3, -0.25) is 4.79 Å². The predicted octanol–water partition coefficient (Wildman–Crippen LogP) is -0.287. The molecule has 1 heterocycles. The number of carbonyl (C=O) groups is 1. The van der Waals surface area contributed by atoms with Crippen molar-refractivity contribution in [1.82, 2.24) is 9.62 Å². The third kappa shape index (κ3) is 4.01. The van der Waals surface area contributed by atoms with Crippen LogP contribution in [0.5, 0.6) is 0 Å². The van der Waals surface area contributed by atoms with Crippen molar-refractivity contribution < 1.29 is 13.2 Å². The normalized spacial score (nSPS) is 22.5. The summed E-state index contributed by atoms with van der Waals surface area (Å²) in [6.07, 6.45) is 3.96. The summed E-state index contributed by atoms with van der Waals surface area (Å²) < 4.78 is 24.5. The molecule has 0 aliphatic carbocycles. The lowest BCUT2D eigenvalue weighted by molar-refractivity contribution is -0.127. The van der Waals surface area contributed by atoms with Crippen LogP contribution in [0, 0.1) is 0 Å². The first-order chi connectivity index (χ1) is 6.92. The van der Waals surface area contributed by atoms with Gasteiger partial charge in [0.15, 0.2) is 0 Å². The van der Waals surface area contributed by atoms with E-state index in [1.807, 2.05) is 0 Å². The first kappa shape index (κ1) is 12.2. The number of nitrogens with one attached hydrogen (secondary N) is 1. The highest BCUT2D eigenvalue weighted by molar-refractivity contribution is 7.88. The molecule has 6 heteroatoms. The van der Waals surface area contributed by atoms with E-state index in [-0.39, 0.29) is 11.9 Å². The van der Waals surface area contributed by atoms with Crippen molar-refractivity contribution >= 4 is 15.9 Å². The number of likely N-dealkylation sites (tertiary alicyclic amines) is 1. The lowest BCUT2D eigenvalue weighted by Crippen LogP contribution is -2.48. The van der Waals surface area contributed by atoms with Crippen LogP contribution in [0.1, 0.15) is 12.8 Å². The number of hydrogen-bond donors (Lipinski definition) is 1. The highest BCUT2D eigenvalue weighted by Crippen LogP contribution is 2.11. The Labute approximate surface area is 90.2 Å². The van der Waals surface area contributed by atoms with Gasteiger partial charge in [-0.2, -0.15) is 0 Å². The maximum absolute atomic E-state index is 11.3. The van der Waals surface area contributed by atoms with Gasteiger partial charge in [-0.25, -0.2) is 13.1 Å². The van der Waals surface area contributed by atoms with Crippen LogP contribution in [0.3, 0.4) is 0 Å². The Morgan fingerprint density at radius 1 is 1.60 bits per heavy atom. The Morgan fingerprint density at radius 3 is 2.80 bits per heavy atom. The molecule has 0 bridgehead atoms. The van der Waals surface area contributed by atoms with Crippen molar-refractivity contribution in [2.24, 2.45) is 0 Å². The van der Waals surface area contributed by atoms with Crippen LogP contribution in [0.25, 0.3) is 0 Å². The van der Waals surface area contributed by atoms with Gasteiger partial charge < -0.3 is 4.90 Å². The van der Waals surface area contributed by atoms with Gasteiger partial charge in [0, 0.05) is 19.1 Å². The maximum atomic E-state index is 11.3. The summed E-state index contributed by atoms with van der Waals surface area (Å²) >= 11 is 0. The quantitative estimate of drug-likeness (QED) is 0.680. The molecular weight excluding hydrogens is 216 g/mol. The second-order valence-electron chi connectivity index (χ2n) is 3.72. The van der Waals surface area contributed by atoms with E-state index >= 15 is 0 Å². The molecule has 0 aromatic rings. The van der Waals surface area contributed by atoms with Crippen LogP contribution in [-0.2, 0) is 14.8 Å². The fourth-order valence-electron chi connectivity index (χ4n) is 1.71. The first-order valence-electron chi connectivity index (χ1n) is 4.81. The molecule has 0 saturated carbocycles. The highest BCUT2D eigenvalue weighted by atomic mass is 32.2. The van der Waals surface area contributed by atoms with Gasteiger partial charge in [0.05, 0.1) is 6.26 Å². The molecule has 1 amide bonds. The zero-order chi connectivity index (χ0) is 11.5. The summed E-state index contributed by atoms with van der Waals surface area (Å²) in [6, 6.07) is -0.169. The molecule has 1 fully saturated rings. The average Bonchev–Trinajstić information content (AvgIpc) is 2.14. The monoisotopic (exact) mass is 232 g/mol. The molecule has 0 radical (unpaired) electrons. The second-order valence-corrected chi connectivity index (χ2v) is 5.50. The topological polar surface area (TPSA) is 66.5 Å². The van der Waals surface area contributed by atoms with E-state index in [0.29, 0.717) is 13.1 Å². The minimum Gasteiger partial charge on any atom is -0.338 e. The molecule has 0 aromatic carbocycles. The molecular formula is C9H16N2O3S. The van der Waals surface area contributed by atoms with Crippen LogP contribution < -0.4 is 4.72 Å². The van der Waals surface area contributed by atoms with E-state index in [2.05, 4.69) is 11.3 Å². The van der Waals surface area contributed by atoms with Crippen LogP contribution in [0.2, 0.25) is 0 Å². The molecule has 1 aliphatic heterocycles. The summed E-state index contributed by atoms with van der Waals surface area (Å²) in [7, 11) is -3.19. The fourth-order valence-corrected chi connectivity index (χ4v) is 2.50. The summed E-state index contributed by atoms with van der Waals surface area (Å²) in [4.78, 5) is 12.9. The Balaban J connectivity index is 2.56. The molecule has 1 atom stereocenters. The maximum Gasteiger partial charge on any atom is 0.246 e. The van der Waals surface area contributed by atoms with Gasteiger partial charge in [-0.1, -0.05) is 6.58 Å².